The summed E-state index contributed by atoms with van der Waals surface area (Å²) in [5, 5.41) is 2.74. The molecule has 0 unspecified atom stereocenters. The van der Waals surface area contributed by atoms with Crippen molar-refractivity contribution < 1.29 is 4.79 Å². The topological polar surface area (TPSA) is 55.1 Å². The average Bonchev–Trinajstić information content (AvgIpc) is 2.16. The van der Waals surface area contributed by atoms with Crippen molar-refractivity contribution in [1.82, 2.24) is 5.32 Å². The summed E-state index contributed by atoms with van der Waals surface area (Å²) in [5.74, 6) is -0.132. The molecule has 5 heteroatoms. The standard InChI is InChI=1S/C10H13BrN2O.ClH/c1-7(12)10(14)13-6-8-2-4-9(11)5-3-8;/h2-5,7H,6,12H2,1H3,(H,13,14);1H/t7-;/m1./s1. The lowest BCUT2D eigenvalue weighted by Crippen LogP contribution is -2.37. The van der Waals surface area contributed by atoms with Crippen LogP contribution in [0.2, 0.25) is 0 Å². The van der Waals surface area contributed by atoms with Gasteiger partial charge in [0.05, 0.1) is 6.04 Å². The number of nitrogens with two attached hydrogens (primary N) is 1. The first-order chi connectivity index (χ1) is 6.59. The number of carbonyl (C=O) groups is 1. The number of rotatable bonds is 3. The van der Waals surface area contributed by atoms with E-state index >= 15 is 0 Å². The highest BCUT2D eigenvalue weighted by atomic mass is 79.9. The van der Waals surface area contributed by atoms with Crippen LogP contribution >= 0.6 is 28.3 Å². The predicted octanol–water partition coefficient (Wildman–Crippen LogP) is 1.83. The molecule has 0 heterocycles. The molecule has 84 valence electrons. The number of carbonyl (C=O) groups excluding carboxylic acids is 1. The molecule has 0 radical (unpaired) electrons. The highest BCUT2D eigenvalue weighted by molar-refractivity contribution is 9.10. The summed E-state index contributed by atoms with van der Waals surface area (Å²) >= 11 is 3.34. The molecule has 0 aliphatic carbocycles. The van der Waals surface area contributed by atoms with Gasteiger partial charge in [0.15, 0.2) is 0 Å². The summed E-state index contributed by atoms with van der Waals surface area (Å²) in [6.07, 6.45) is 0. The van der Waals surface area contributed by atoms with Gasteiger partial charge in [0.1, 0.15) is 0 Å². The van der Waals surface area contributed by atoms with Gasteiger partial charge in [-0.1, -0.05) is 28.1 Å². The number of nitrogens with one attached hydrogen (secondary N) is 1. The molecule has 0 aromatic heterocycles. The maximum Gasteiger partial charge on any atom is 0.236 e. The summed E-state index contributed by atoms with van der Waals surface area (Å²) in [4.78, 5) is 11.1. The van der Waals surface area contributed by atoms with Crippen molar-refractivity contribution in [1.29, 1.82) is 0 Å². The Balaban J connectivity index is 0.00000196. The van der Waals surface area contributed by atoms with E-state index in [-0.39, 0.29) is 18.3 Å². The fraction of sp³-hybridized carbons (Fsp3) is 0.300. The van der Waals surface area contributed by atoms with Crippen LogP contribution in [0.4, 0.5) is 0 Å². The van der Waals surface area contributed by atoms with E-state index in [4.69, 9.17) is 5.73 Å². The Hall–Kier alpha value is -0.580. The average molecular weight is 294 g/mol. The molecule has 0 fully saturated rings. The molecule has 15 heavy (non-hydrogen) atoms. The van der Waals surface area contributed by atoms with Crippen LogP contribution in [0, 0.1) is 0 Å². The first kappa shape index (κ1) is 14.4. The van der Waals surface area contributed by atoms with Crippen LogP contribution in [0.25, 0.3) is 0 Å². The van der Waals surface area contributed by atoms with Gasteiger partial charge in [-0.2, -0.15) is 0 Å². The Labute approximate surface area is 104 Å². The summed E-state index contributed by atoms with van der Waals surface area (Å²) in [6.45, 7) is 2.19. The fourth-order valence-electron chi connectivity index (χ4n) is 0.952. The van der Waals surface area contributed by atoms with E-state index in [1.54, 1.807) is 6.92 Å². The van der Waals surface area contributed by atoms with Gasteiger partial charge >= 0.3 is 0 Å². The SMILES string of the molecule is C[C@@H](N)C(=O)NCc1ccc(Br)cc1.Cl. The molecule has 0 saturated heterocycles. The Kier molecular flexibility index (Phi) is 6.56. The summed E-state index contributed by atoms with van der Waals surface area (Å²) in [7, 11) is 0. The molecule has 1 atom stereocenters. The largest absolute Gasteiger partial charge is 0.351 e. The quantitative estimate of drug-likeness (QED) is 0.893. The smallest absolute Gasteiger partial charge is 0.236 e. The van der Waals surface area contributed by atoms with E-state index in [1.165, 1.54) is 0 Å². The number of hydrogen-bond acceptors (Lipinski definition) is 2. The van der Waals surface area contributed by atoms with Crippen molar-refractivity contribution in [2.24, 2.45) is 5.73 Å². The van der Waals surface area contributed by atoms with Crippen molar-refractivity contribution in [3.8, 4) is 0 Å². The van der Waals surface area contributed by atoms with Crippen LogP contribution in [0.15, 0.2) is 28.7 Å². The molecule has 0 bridgehead atoms. The van der Waals surface area contributed by atoms with Gasteiger partial charge in [-0.3, -0.25) is 4.79 Å². The molecular formula is C10H14BrClN2O. The second-order valence-electron chi connectivity index (χ2n) is 3.13. The van der Waals surface area contributed by atoms with E-state index in [2.05, 4.69) is 21.2 Å². The Morgan fingerprint density at radius 1 is 1.47 bits per heavy atom. The second kappa shape index (κ2) is 6.82. The fourth-order valence-corrected chi connectivity index (χ4v) is 1.22. The maximum absolute atomic E-state index is 11.1. The molecule has 1 aromatic carbocycles. The Morgan fingerprint density at radius 2 is 2.00 bits per heavy atom. The lowest BCUT2D eigenvalue weighted by Gasteiger charge is -2.07. The maximum atomic E-state index is 11.1. The summed E-state index contributed by atoms with van der Waals surface area (Å²) in [5.41, 5.74) is 6.46. The normalized spacial score (nSPS) is 11.4. The van der Waals surface area contributed by atoms with Crippen molar-refractivity contribution in [2.45, 2.75) is 19.5 Å². The summed E-state index contributed by atoms with van der Waals surface area (Å²) < 4.78 is 1.03. The molecule has 0 aliphatic rings. The lowest BCUT2D eigenvalue weighted by atomic mass is 10.2. The highest BCUT2D eigenvalue weighted by Crippen LogP contribution is 2.10. The lowest BCUT2D eigenvalue weighted by molar-refractivity contribution is -0.122. The molecule has 3 nitrogen and oxygen atoms in total. The minimum absolute atomic E-state index is 0. The third-order valence-electron chi connectivity index (χ3n) is 1.79. The van der Waals surface area contributed by atoms with E-state index in [1.807, 2.05) is 24.3 Å². The third kappa shape index (κ3) is 5.16. The zero-order chi connectivity index (χ0) is 10.6. The van der Waals surface area contributed by atoms with Crippen LogP contribution in [-0.2, 0) is 11.3 Å². The molecule has 1 amide bonds. The highest BCUT2D eigenvalue weighted by Gasteiger charge is 2.05. The van der Waals surface area contributed by atoms with Gasteiger partial charge in [-0.05, 0) is 24.6 Å². The molecular weight excluding hydrogens is 279 g/mol. The molecule has 0 spiro atoms. The van der Waals surface area contributed by atoms with Crippen LogP contribution in [0.3, 0.4) is 0 Å². The number of benzene rings is 1. The monoisotopic (exact) mass is 292 g/mol. The van der Waals surface area contributed by atoms with E-state index < -0.39 is 6.04 Å². The number of hydrogen-bond donors (Lipinski definition) is 2. The van der Waals surface area contributed by atoms with Crippen LogP contribution in [-0.4, -0.2) is 11.9 Å². The number of amides is 1. The molecule has 1 rings (SSSR count). The van der Waals surface area contributed by atoms with Gasteiger partial charge in [0, 0.05) is 11.0 Å². The molecule has 0 aliphatic heterocycles. The van der Waals surface area contributed by atoms with Crippen molar-refractivity contribution >= 4 is 34.2 Å². The van der Waals surface area contributed by atoms with E-state index in [0.717, 1.165) is 10.0 Å². The van der Waals surface area contributed by atoms with Crippen molar-refractivity contribution in [3.05, 3.63) is 34.3 Å². The summed E-state index contributed by atoms with van der Waals surface area (Å²) in [6, 6.07) is 7.32. The number of halogens is 2. The minimum Gasteiger partial charge on any atom is -0.351 e. The van der Waals surface area contributed by atoms with Gasteiger partial charge in [0.25, 0.3) is 0 Å². The Bertz CT molecular complexity index is 314. The Morgan fingerprint density at radius 3 is 2.47 bits per heavy atom. The zero-order valence-electron chi connectivity index (χ0n) is 8.37. The minimum atomic E-state index is -0.453. The van der Waals surface area contributed by atoms with Gasteiger partial charge in [0.2, 0.25) is 5.91 Å². The third-order valence-corrected chi connectivity index (χ3v) is 2.32. The van der Waals surface area contributed by atoms with Gasteiger partial charge in [-0.25, -0.2) is 0 Å². The van der Waals surface area contributed by atoms with Crippen LogP contribution in [0.5, 0.6) is 0 Å². The predicted molar refractivity (Wildman–Crippen MR) is 66.9 cm³/mol. The first-order valence-corrected chi connectivity index (χ1v) is 5.16. The van der Waals surface area contributed by atoms with E-state index in [0.29, 0.717) is 6.54 Å². The van der Waals surface area contributed by atoms with Crippen molar-refractivity contribution in [3.63, 3.8) is 0 Å². The molecule has 3 N–H and O–H groups in total. The molecule has 1 aromatic rings. The van der Waals surface area contributed by atoms with E-state index in [9.17, 15) is 4.79 Å². The van der Waals surface area contributed by atoms with Crippen LogP contribution < -0.4 is 11.1 Å². The second-order valence-corrected chi connectivity index (χ2v) is 4.05. The van der Waals surface area contributed by atoms with Gasteiger partial charge in [-0.15, -0.1) is 12.4 Å². The van der Waals surface area contributed by atoms with Crippen LogP contribution in [0.1, 0.15) is 12.5 Å². The molecule has 0 saturated carbocycles. The zero-order valence-corrected chi connectivity index (χ0v) is 10.8. The van der Waals surface area contributed by atoms with Crippen molar-refractivity contribution in [2.75, 3.05) is 0 Å². The van der Waals surface area contributed by atoms with Gasteiger partial charge < -0.3 is 11.1 Å². The first-order valence-electron chi connectivity index (χ1n) is 4.37.